The lowest BCUT2D eigenvalue weighted by atomic mass is 9.99. The van der Waals surface area contributed by atoms with Crippen LogP contribution in [0.3, 0.4) is 0 Å². The third kappa shape index (κ3) is 33.4. The minimum atomic E-state index is -1.60. The summed E-state index contributed by atoms with van der Waals surface area (Å²) in [5.74, 6) is -0.824. The van der Waals surface area contributed by atoms with Gasteiger partial charge < -0.3 is 39.4 Å². The molecule has 4 N–H and O–H groups in total. The molecule has 1 saturated heterocycles. The van der Waals surface area contributed by atoms with Gasteiger partial charge in [0.1, 0.15) is 31.0 Å². The Hall–Kier alpha value is -1.82. The number of carbonyl (C=O) groups is 2. The highest BCUT2D eigenvalue weighted by atomic mass is 16.7. The lowest BCUT2D eigenvalue weighted by Crippen LogP contribution is -2.59. The first kappa shape index (κ1) is 57.2. The van der Waals surface area contributed by atoms with Crippen LogP contribution in [0.1, 0.15) is 232 Å². The zero-order valence-electron chi connectivity index (χ0n) is 39.2. The molecule has 0 aromatic carbocycles. The lowest BCUT2D eigenvalue weighted by molar-refractivity contribution is -0.305. The Morgan fingerprint density at radius 2 is 0.869 bits per heavy atom. The third-order valence-corrected chi connectivity index (χ3v) is 11.8. The van der Waals surface area contributed by atoms with Gasteiger partial charge in [-0.2, -0.15) is 0 Å². The second-order valence-corrected chi connectivity index (χ2v) is 17.6. The van der Waals surface area contributed by atoms with Gasteiger partial charge in [-0.15, -0.1) is 0 Å². The minimum absolute atomic E-state index is 0.202. The summed E-state index contributed by atoms with van der Waals surface area (Å²) >= 11 is 0. The van der Waals surface area contributed by atoms with E-state index in [-0.39, 0.29) is 32.0 Å². The smallest absolute Gasteiger partial charge is 0.306 e. The summed E-state index contributed by atoms with van der Waals surface area (Å²) in [4.78, 5) is 25.4. The predicted molar refractivity (Wildman–Crippen MR) is 247 cm³/mol. The third-order valence-electron chi connectivity index (χ3n) is 11.8. The molecule has 1 aliphatic rings. The number of carbonyl (C=O) groups excluding carboxylic acids is 2. The van der Waals surface area contributed by atoms with Gasteiger partial charge in [-0.3, -0.25) is 9.59 Å². The van der Waals surface area contributed by atoms with Crippen LogP contribution in [-0.4, -0.2) is 89.0 Å². The summed E-state index contributed by atoms with van der Waals surface area (Å²) in [6.07, 6.45) is 40.5. The zero-order chi connectivity index (χ0) is 44.4. The number of esters is 2. The van der Waals surface area contributed by atoms with Crippen LogP contribution >= 0.6 is 0 Å². The van der Waals surface area contributed by atoms with Gasteiger partial charge in [0, 0.05) is 12.8 Å². The van der Waals surface area contributed by atoms with Gasteiger partial charge >= 0.3 is 11.9 Å². The maximum Gasteiger partial charge on any atom is 0.306 e. The van der Waals surface area contributed by atoms with Crippen molar-refractivity contribution < 1.29 is 49.0 Å². The Kier molecular flexibility index (Phi) is 39.5. The lowest BCUT2D eigenvalue weighted by Gasteiger charge is -2.39. The Labute approximate surface area is 373 Å². The first-order valence-electron chi connectivity index (χ1n) is 25.4. The first-order valence-corrected chi connectivity index (χ1v) is 25.4. The van der Waals surface area contributed by atoms with Crippen LogP contribution in [0.15, 0.2) is 24.3 Å². The standard InChI is InChI=1S/C51H94O10/c1-3-5-7-9-11-13-15-17-19-20-21-22-23-24-26-27-29-31-33-35-37-39-46(53)58-42-44(43-59-51-50(57)49(56)48(55)45(41-52)61-51)60-47(54)40-38-36-34-32-30-28-25-18-16-14-12-10-8-6-4-2/h17,19,30,32,44-45,48-52,55-57H,3-16,18,20-29,31,33-43H2,1-2H3/b19-17+,32-30+/t44-,45-,48+,49?,50?,51-/m0/s1. The van der Waals surface area contributed by atoms with Gasteiger partial charge in [0.15, 0.2) is 12.4 Å². The second kappa shape index (κ2) is 42.1. The molecule has 1 fully saturated rings. The van der Waals surface area contributed by atoms with Crippen molar-refractivity contribution in [2.45, 2.75) is 269 Å². The molecule has 1 aliphatic heterocycles. The van der Waals surface area contributed by atoms with Crippen LogP contribution in [0.2, 0.25) is 0 Å². The molecule has 0 aliphatic carbocycles. The molecule has 0 amide bonds. The SMILES string of the molecule is CCCCCCCC/C=C/CCCCCCCCCCCCCC(=O)OC[C@@H](CO[C@H]1O[C@@H](CO)[C@@H](O)C(O)C1O)OC(=O)CCCC/C=C/CCCCCCCCCCC. The molecule has 1 heterocycles. The molecule has 0 saturated carbocycles. The Bertz CT molecular complexity index is 1050. The van der Waals surface area contributed by atoms with Crippen molar-refractivity contribution in [1.29, 1.82) is 0 Å². The molecule has 10 nitrogen and oxygen atoms in total. The number of aliphatic hydroxyl groups excluding tert-OH is 4. The summed E-state index contributed by atoms with van der Waals surface area (Å²) in [7, 11) is 0. The normalized spacial score (nSPS) is 19.9. The highest BCUT2D eigenvalue weighted by Crippen LogP contribution is 2.23. The number of hydrogen-bond donors (Lipinski definition) is 4. The summed E-state index contributed by atoms with van der Waals surface area (Å²) in [5.41, 5.74) is 0. The average molecular weight is 867 g/mol. The molecule has 61 heavy (non-hydrogen) atoms. The number of unbranched alkanes of at least 4 members (excludes halogenated alkanes) is 28. The van der Waals surface area contributed by atoms with Crippen LogP contribution < -0.4 is 0 Å². The highest BCUT2D eigenvalue weighted by Gasteiger charge is 2.44. The molecule has 10 heteroatoms. The zero-order valence-corrected chi connectivity index (χ0v) is 39.2. The van der Waals surface area contributed by atoms with Crippen LogP contribution in [0.4, 0.5) is 0 Å². The van der Waals surface area contributed by atoms with Gasteiger partial charge in [0.25, 0.3) is 0 Å². The molecule has 0 bridgehead atoms. The van der Waals surface area contributed by atoms with E-state index < -0.39 is 49.4 Å². The topological polar surface area (TPSA) is 152 Å². The number of ether oxygens (including phenoxy) is 4. The second-order valence-electron chi connectivity index (χ2n) is 17.6. The Balaban J connectivity index is 2.26. The van der Waals surface area contributed by atoms with Gasteiger partial charge in [-0.05, 0) is 64.2 Å². The van der Waals surface area contributed by atoms with Crippen molar-refractivity contribution in [3.63, 3.8) is 0 Å². The van der Waals surface area contributed by atoms with Crippen LogP contribution in [0.5, 0.6) is 0 Å². The van der Waals surface area contributed by atoms with E-state index in [2.05, 4.69) is 38.2 Å². The molecule has 6 atom stereocenters. The van der Waals surface area contributed by atoms with E-state index in [1.807, 2.05) is 0 Å². The Morgan fingerprint density at radius 1 is 0.492 bits per heavy atom. The molecule has 1 rings (SSSR count). The minimum Gasteiger partial charge on any atom is -0.462 e. The summed E-state index contributed by atoms with van der Waals surface area (Å²) < 4.78 is 22.2. The van der Waals surface area contributed by atoms with Crippen molar-refractivity contribution in [2.24, 2.45) is 0 Å². The van der Waals surface area contributed by atoms with Crippen molar-refractivity contribution in [3.8, 4) is 0 Å². The van der Waals surface area contributed by atoms with E-state index in [1.54, 1.807) is 0 Å². The average Bonchev–Trinajstić information content (AvgIpc) is 3.26. The van der Waals surface area contributed by atoms with Gasteiger partial charge in [0.2, 0.25) is 0 Å². The molecular weight excluding hydrogens is 773 g/mol. The van der Waals surface area contributed by atoms with Crippen LogP contribution in [0, 0.1) is 0 Å². The molecule has 2 unspecified atom stereocenters. The molecule has 0 aromatic rings. The van der Waals surface area contributed by atoms with Crippen molar-refractivity contribution in [1.82, 2.24) is 0 Å². The summed E-state index contributed by atoms with van der Waals surface area (Å²) in [5, 5.41) is 40.2. The first-order chi connectivity index (χ1) is 29.8. The van der Waals surface area contributed by atoms with E-state index in [4.69, 9.17) is 18.9 Å². The molecular formula is C51H94O10. The Morgan fingerprint density at radius 3 is 1.31 bits per heavy atom. The number of hydrogen-bond acceptors (Lipinski definition) is 10. The van der Waals surface area contributed by atoms with E-state index in [0.29, 0.717) is 6.42 Å². The molecule has 0 radical (unpaired) electrons. The van der Waals surface area contributed by atoms with Gasteiger partial charge in [-0.25, -0.2) is 0 Å². The molecule has 0 spiro atoms. The summed E-state index contributed by atoms with van der Waals surface area (Å²) in [6, 6.07) is 0. The number of allylic oxidation sites excluding steroid dienone is 4. The molecule has 358 valence electrons. The fraction of sp³-hybridized carbons (Fsp3) is 0.882. The van der Waals surface area contributed by atoms with Crippen LogP contribution in [0.25, 0.3) is 0 Å². The van der Waals surface area contributed by atoms with Crippen molar-refractivity contribution >= 4 is 11.9 Å². The van der Waals surface area contributed by atoms with Crippen molar-refractivity contribution in [3.05, 3.63) is 24.3 Å². The fourth-order valence-electron chi connectivity index (χ4n) is 7.77. The monoisotopic (exact) mass is 867 g/mol. The van der Waals surface area contributed by atoms with E-state index >= 15 is 0 Å². The van der Waals surface area contributed by atoms with E-state index in [1.165, 1.54) is 161 Å². The van der Waals surface area contributed by atoms with Gasteiger partial charge in [-0.1, -0.05) is 179 Å². The van der Waals surface area contributed by atoms with E-state index in [0.717, 1.165) is 38.5 Å². The molecule has 0 aromatic heterocycles. The van der Waals surface area contributed by atoms with Gasteiger partial charge in [0.05, 0.1) is 13.2 Å². The number of aliphatic hydroxyl groups is 4. The maximum atomic E-state index is 12.8. The maximum absolute atomic E-state index is 12.8. The highest BCUT2D eigenvalue weighted by molar-refractivity contribution is 5.70. The number of rotatable bonds is 43. The summed E-state index contributed by atoms with van der Waals surface area (Å²) in [6.45, 7) is 3.43. The largest absolute Gasteiger partial charge is 0.462 e. The quantitative estimate of drug-likeness (QED) is 0.0265. The van der Waals surface area contributed by atoms with E-state index in [9.17, 15) is 30.0 Å². The van der Waals surface area contributed by atoms with Crippen molar-refractivity contribution in [2.75, 3.05) is 19.8 Å². The predicted octanol–water partition coefficient (Wildman–Crippen LogP) is 11.7. The fourth-order valence-corrected chi connectivity index (χ4v) is 7.77. The van der Waals surface area contributed by atoms with Crippen LogP contribution in [-0.2, 0) is 28.5 Å².